The summed E-state index contributed by atoms with van der Waals surface area (Å²) >= 11 is 1.31. The molecule has 2 amide bonds. The molecule has 156 valence electrons. The Morgan fingerprint density at radius 3 is 2.90 bits per heavy atom. The number of esters is 1. The van der Waals surface area contributed by atoms with E-state index in [4.69, 9.17) is 9.72 Å². The SMILES string of the molecule is CCCn1c2ccccc2c2nnc(SCC3=C(C(=O)OCC)CNC(=O)N3)nc21. The molecule has 0 fully saturated rings. The highest BCUT2D eigenvalue weighted by Crippen LogP contribution is 2.28. The molecule has 4 rings (SSSR count). The zero-order valence-electron chi connectivity index (χ0n) is 16.8. The normalized spacial score (nSPS) is 14.1. The fourth-order valence-electron chi connectivity index (χ4n) is 3.41. The number of carbonyl (C=O) groups is 2. The molecule has 0 spiro atoms. The van der Waals surface area contributed by atoms with Crippen LogP contribution in [0.25, 0.3) is 22.1 Å². The van der Waals surface area contributed by atoms with Gasteiger partial charge in [0.05, 0.1) is 24.2 Å². The third-order valence-electron chi connectivity index (χ3n) is 4.72. The Labute approximate surface area is 177 Å². The van der Waals surface area contributed by atoms with Crippen LogP contribution in [0.1, 0.15) is 20.3 Å². The number of thioether (sulfide) groups is 1. The van der Waals surface area contributed by atoms with Gasteiger partial charge in [-0.05, 0) is 19.4 Å². The maximum Gasteiger partial charge on any atom is 0.337 e. The van der Waals surface area contributed by atoms with Crippen molar-refractivity contribution >= 4 is 45.8 Å². The first-order chi connectivity index (χ1) is 14.6. The number of fused-ring (bicyclic) bond motifs is 3. The van der Waals surface area contributed by atoms with Crippen molar-refractivity contribution in [2.24, 2.45) is 0 Å². The number of nitrogens with one attached hydrogen (secondary N) is 2. The zero-order valence-corrected chi connectivity index (χ0v) is 17.6. The minimum atomic E-state index is -0.446. The van der Waals surface area contributed by atoms with Crippen LogP contribution in [0.15, 0.2) is 40.7 Å². The third-order valence-corrected chi connectivity index (χ3v) is 5.59. The molecule has 0 aliphatic carbocycles. The fourth-order valence-corrected chi connectivity index (χ4v) is 4.18. The molecular weight excluding hydrogens is 404 g/mol. The molecule has 9 nitrogen and oxygen atoms in total. The predicted molar refractivity (Wildman–Crippen MR) is 114 cm³/mol. The van der Waals surface area contributed by atoms with Gasteiger partial charge in [-0.3, -0.25) is 0 Å². The molecule has 0 atom stereocenters. The lowest BCUT2D eigenvalue weighted by molar-refractivity contribution is -0.138. The van der Waals surface area contributed by atoms with Crippen LogP contribution in [0, 0.1) is 0 Å². The molecule has 1 aliphatic heterocycles. The Bertz CT molecular complexity index is 1160. The van der Waals surface area contributed by atoms with Crippen LogP contribution in [-0.2, 0) is 16.1 Å². The van der Waals surface area contributed by atoms with Gasteiger partial charge < -0.3 is 19.9 Å². The minimum Gasteiger partial charge on any atom is -0.463 e. The Balaban J connectivity index is 1.65. The number of hydrogen-bond donors (Lipinski definition) is 2. The Morgan fingerprint density at radius 1 is 1.27 bits per heavy atom. The highest BCUT2D eigenvalue weighted by molar-refractivity contribution is 7.99. The maximum atomic E-state index is 12.2. The molecular formula is C20H22N6O3S. The summed E-state index contributed by atoms with van der Waals surface area (Å²) in [6, 6.07) is 7.71. The molecule has 0 saturated heterocycles. The lowest BCUT2D eigenvalue weighted by atomic mass is 10.2. The quantitative estimate of drug-likeness (QED) is 0.441. The molecule has 2 N–H and O–H groups in total. The topological polar surface area (TPSA) is 111 Å². The van der Waals surface area contributed by atoms with Crippen molar-refractivity contribution in [3.8, 4) is 0 Å². The average molecular weight is 427 g/mol. The van der Waals surface area contributed by atoms with Gasteiger partial charge in [0.2, 0.25) is 5.16 Å². The van der Waals surface area contributed by atoms with Crippen molar-refractivity contribution in [2.75, 3.05) is 18.9 Å². The van der Waals surface area contributed by atoms with Crippen LogP contribution < -0.4 is 10.6 Å². The summed E-state index contributed by atoms with van der Waals surface area (Å²) in [5.74, 6) is -0.124. The fraction of sp³-hybridized carbons (Fsp3) is 0.350. The van der Waals surface area contributed by atoms with Crippen molar-refractivity contribution < 1.29 is 14.3 Å². The summed E-state index contributed by atoms with van der Waals surface area (Å²) in [7, 11) is 0. The van der Waals surface area contributed by atoms with E-state index in [9.17, 15) is 9.59 Å². The van der Waals surface area contributed by atoms with E-state index in [-0.39, 0.29) is 19.2 Å². The number of aromatic nitrogens is 4. The van der Waals surface area contributed by atoms with E-state index in [1.54, 1.807) is 6.92 Å². The van der Waals surface area contributed by atoms with Crippen molar-refractivity contribution in [1.29, 1.82) is 0 Å². The van der Waals surface area contributed by atoms with Gasteiger partial charge >= 0.3 is 12.0 Å². The molecule has 2 aromatic heterocycles. The summed E-state index contributed by atoms with van der Waals surface area (Å²) in [6.07, 6.45) is 0.967. The van der Waals surface area contributed by atoms with E-state index in [2.05, 4.69) is 38.4 Å². The number of ether oxygens (including phenoxy) is 1. The van der Waals surface area contributed by atoms with Gasteiger partial charge in [0, 0.05) is 23.4 Å². The summed E-state index contributed by atoms with van der Waals surface area (Å²) in [4.78, 5) is 28.7. The van der Waals surface area contributed by atoms with Gasteiger partial charge in [-0.2, -0.15) is 0 Å². The number of para-hydroxylation sites is 1. The van der Waals surface area contributed by atoms with Crippen LogP contribution in [0.3, 0.4) is 0 Å². The van der Waals surface area contributed by atoms with Crippen molar-refractivity contribution in [2.45, 2.75) is 32.0 Å². The first kappa shape index (κ1) is 20.1. The van der Waals surface area contributed by atoms with Crippen molar-refractivity contribution in [3.63, 3.8) is 0 Å². The van der Waals surface area contributed by atoms with Gasteiger partial charge in [-0.15, -0.1) is 10.2 Å². The van der Waals surface area contributed by atoms with Gasteiger partial charge in [-0.25, -0.2) is 14.6 Å². The smallest absolute Gasteiger partial charge is 0.337 e. The average Bonchev–Trinajstić information content (AvgIpc) is 3.06. The molecule has 3 aromatic rings. The van der Waals surface area contributed by atoms with Crippen LogP contribution in [0.5, 0.6) is 0 Å². The van der Waals surface area contributed by atoms with Gasteiger partial charge in [0.25, 0.3) is 0 Å². The molecule has 30 heavy (non-hydrogen) atoms. The summed E-state index contributed by atoms with van der Waals surface area (Å²) in [5, 5.41) is 15.5. The minimum absolute atomic E-state index is 0.128. The summed E-state index contributed by atoms with van der Waals surface area (Å²) in [6.45, 7) is 5.08. The van der Waals surface area contributed by atoms with Crippen LogP contribution in [-0.4, -0.2) is 50.7 Å². The number of hydrogen-bond acceptors (Lipinski definition) is 7. The number of amides is 2. The van der Waals surface area contributed by atoms with Crippen molar-refractivity contribution in [3.05, 3.63) is 35.5 Å². The van der Waals surface area contributed by atoms with E-state index < -0.39 is 5.97 Å². The second kappa shape index (κ2) is 8.70. The monoisotopic (exact) mass is 426 g/mol. The second-order valence-electron chi connectivity index (χ2n) is 6.71. The molecule has 1 aliphatic rings. The highest BCUT2D eigenvalue weighted by Gasteiger charge is 2.24. The third kappa shape index (κ3) is 3.82. The van der Waals surface area contributed by atoms with Crippen LogP contribution in [0.2, 0.25) is 0 Å². The van der Waals surface area contributed by atoms with E-state index in [0.717, 1.165) is 35.0 Å². The standard InChI is InChI=1S/C20H22N6O3S/c1-3-9-26-15-8-6-5-7-12(15)16-17(26)23-20(25-24-16)30-11-14-13(18(27)29-4-2)10-21-19(28)22-14/h5-8H,3-4,9-11H2,1-2H3,(H2,21,22,28). The Kier molecular flexibility index (Phi) is 5.84. The summed E-state index contributed by atoms with van der Waals surface area (Å²) in [5.41, 5.74) is 3.53. The molecule has 3 heterocycles. The lowest BCUT2D eigenvalue weighted by Crippen LogP contribution is -2.44. The maximum absolute atomic E-state index is 12.2. The molecule has 10 heteroatoms. The number of rotatable bonds is 7. The van der Waals surface area contributed by atoms with Gasteiger partial charge in [-0.1, -0.05) is 36.9 Å². The van der Waals surface area contributed by atoms with Crippen molar-refractivity contribution in [1.82, 2.24) is 30.4 Å². The molecule has 0 saturated carbocycles. The zero-order chi connectivity index (χ0) is 21.1. The molecule has 0 bridgehead atoms. The van der Waals surface area contributed by atoms with Crippen LogP contribution in [0.4, 0.5) is 4.79 Å². The number of urea groups is 1. The van der Waals surface area contributed by atoms with Crippen LogP contribution >= 0.6 is 11.8 Å². The molecule has 0 unspecified atom stereocenters. The highest BCUT2D eigenvalue weighted by atomic mass is 32.2. The number of nitrogens with zero attached hydrogens (tertiary/aromatic N) is 4. The van der Waals surface area contributed by atoms with E-state index >= 15 is 0 Å². The molecule has 1 aromatic carbocycles. The largest absolute Gasteiger partial charge is 0.463 e. The predicted octanol–water partition coefficient (Wildman–Crippen LogP) is 2.61. The van der Waals surface area contributed by atoms with E-state index in [1.165, 1.54) is 11.8 Å². The Morgan fingerprint density at radius 2 is 2.10 bits per heavy atom. The number of aryl methyl sites for hydroxylation is 1. The van der Waals surface area contributed by atoms with Gasteiger partial charge in [0.1, 0.15) is 5.52 Å². The van der Waals surface area contributed by atoms with E-state index in [1.807, 2.05) is 18.2 Å². The van der Waals surface area contributed by atoms with Gasteiger partial charge in [0.15, 0.2) is 5.65 Å². The summed E-state index contributed by atoms with van der Waals surface area (Å²) < 4.78 is 7.24. The first-order valence-electron chi connectivity index (χ1n) is 9.80. The molecule has 0 radical (unpaired) electrons. The Hall–Kier alpha value is -3.14. The number of benzene rings is 1. The first-order valence-corrected chi connectivity index (χ1v) is 10.8. The lowest BCUT2D eigenvalue weighted by Gasteiger charge is -2.20. The number of carbonyl (C=O) groups excluding carboxylic acids is 2. The van der Waals surface area contributed by atoms with E-state index in [0.29, 0.717) is 22.2 Å². The second-order valence-corrected chi connectivity index (χ2v) is 7.65.